The maximum atomic E-state index is 13.9. The van der Waals surface area contributed by atoms with Crippen LogP contribution in [0.2, 0.25) is 0 Å². The summed E-state index contributed by atoms with van der Waals surface area (Å²) in [6, 6.07) is 6.51. The summed E-state index contributed by atoms with van der Waals surface area (Å²) in [4.78, 5) is 12.4. The van der Waals surface area contributed by atoms with Crippen molar-refractivity contribution in [2.45, 2.75) is 55.5 Å². The Morgan fingerprint density at radius 3 is 2.76 bits per heavy atom. The van der Waals surface area contributed by atoms with E-state index in [0.29, 0.717) is 5.16 Å². The maximum Gasteiger partial charge on any atom is 0.233 e. The van der Waals surface area contributed by atoms with Gasteiger partial charge in [-0.25, -0.2) is 9.07 Å². The highest BCUT2D eigenvalue weighted by atomic mass is 32.2. The number of nitrogens with zero attached hydrogens (tertiary/aromatic N) is 3. The minimum atomic E-state index is -0.416. The van der Waals surface area contributed by atoms with Crippen molar-refractivity contribution in [1.29, 1.82) is 0 Å². The first-order valence-electron chi connectivity index (χ1n) is 8.48. The second-order valence-corrected chi connectivity index (χ2v) is 7.57. The molecule has 1 aliphatic carbocycles. The van der Waals surface area contributed by atoms with Crippen LogP contribution in [-0.4, -0.2) is 32.1 Å². The van der Waals surface area contributed by atoms with Crippen LogP contribution in [0.1, 0.15) is 39.0 Å². The van der Waals surface area contributed by atoms with Crippen molar-refractivity contribution in [3.8, 4) is 11.4 Å². The maximum absolute atomic E-state index is 13.9. The van der Waals surface area contributed by atoms with E-state index < -0.39 is 5.82 Å². The van der Waals surface area contributed by atoms with Crippen molar-refractivity contribution in [1.82, 2.24) is 20.2 Å². The first kappa shape index (κ1) is 17.7. The van der Waals surface area contributed by atoms with Gasteiger partial charge in [-0.1, -0.05) is 43.2 Å². The highest BCUT2D eigenvalue weighted by Gasteiger charge is 2.23. The molecule has 0 unspecified atom stereocenters. The number of amides is 1. The number of halogens is 1. The van der Waals surface area contributed by atoms with Crippen LogP contribution in [0.25, 0.3) is 11.4 Å². The molecule has 134 valence electrons. The number of nitrogens with one attached hydrogen (secondary N) is 1. The van der Waals surface area contributed by atoms with Crippen LogP contribution < -0.4 is 11.2 Å². The molecule has 3 N–H and O–H groups in total. The fourth-order valence-electron chi connectivity index (χ4n) is 2.96. The number of carbonyl (C=O) groups excluding carboxylic acids is 1. The van der Waals surface area contributed by atoms with Gasteiger partial charge in [0.15, 0.2) is 5.82 Å². The predicted octanol–water partition coefficient (Wildman–Crippen LogP) is 2.73. The zero-order valence-corrected chi connectivity index (χ0v) is 14.9. The SMILES string of the molecule is C[C@H](Sc1nnc(-c2ccccc2F)n1N)C(=O)NC1CCCCC1. The van der Waals surface area contributed by atoms with Gasteiger partial charge in [-0.15, -0.1) is 10.2 Å². The van der Waals surface area contributed by atoms with Crippen molar-refractivity contribution in [2.75, 3.05) is 5.84 Å². The van der Waals surface area contributed by atoms with Gasteiger partial charge in [0.1, 0.15) is 5.82 Å². The Balaban J connectivity index is 1.66. The Labute approximate surface area is 150 Å². The van der Waals surface area contributed by atoms with E-state index in [1.807, 2.05) is 0 Å². The van der Waals surface area contributed by atoms with Crippen molar-refractivity contribution in [3.05, 3.63) is 30.1 Å². The molecule has 25 heavy (non-hydrogen) atoms. The van der Waals surface area contributed by atoms with Crippen LogP contribution in [-0.2, 0) is 4.79 Å². The highest BCUT2D eigenvalue weighted by Crippen LogP contribution is 2.26. The Kier molecular flexibility index (Phi) is 5.57. The predicted molar refractivity (Wildman–Crippen MR) is 95.9 cm³/mol. The standard InChI is InChI=1S/C17H22FN5OS/c1-11(16(24)20-12-7-3-2-4-8-12)25-17-22-21-15(23(17)19)13-9-5-6-10-14(13)18/h5-6,9-12H,2-4,7-8,19H2,1H3,(H,20,24)/t11-/m0/s1. The Morgan fingerprint density at radius 2 is 2.04 bits per heavy atom. The molecule has 1 heterocycles. The van der Waals surface area contributed by atoms with Gasteiger partial charge in [-0.2, -0.15) is 0 Å². The van der Waals surface area contributed by atoms with Gasteiger partial charge in [0, 0.05) is 6.04 Å². The summed E-state index contributed by atoms with van der Waals surface area (Å²) in [5, 5.41) is 11.1. The molecule has 1 saturated carbocycles. The molecule has 0 aliphatic heterocycles. The Morgan fingerprint density at radius 1 is 1.32 bits per heavy atom. The summed E-state index contributed by atoms with van der Waals surface area (Å²) < 4.78 is 15.1. The first-order valence-corrected chi connectivity index (χ1v) is 9.36. The number of carbonyl (C=O) groups is 1. The smallest absolute Gasteiger partial charge is 0.233 e. The van der Waals surface area contributed by atoms with Gasteiger partial charge >= 0.3 is 0 Å². The molecular weight excluding hydrogens is 341 g/mol. The fraction of sp³-hybridized carbons (Fsp3) is 0.471. The third-order valence-corrected chi connectivity index (χ3v) is 5.44. The number of aromatic nitrogens is 3. The average Bonchev–Trinajstić information content (AvgIpc) is 2.97. The van der Waals surface area contributed by atoms with E-state index in [0.717, 1.165) is 25.7 Å². The number of hydrogen-bond donors (Lipinski definition) is 2. The van der Waals surface area contributed by atoms with Gasteiger partial charge in [-0.3, -0.25) is 4.79 Å². The van der Waals surface area contributed by atoms with Gasteiger partial charge in [0.05, 0.1) is 10.8 Å². The molecule has 1 aliphatic rings. The van der Waals surface area contributed by atoms with E-state index in [1.54, 1.807) is 25.1 Å². The Bertz CT molecular complexity index is 744. The number of thioether (sulfide) groups is 1. The second-order valence-electron chi connectivity index (χ2n) is 6.26. The molecule has 6 nitrogen and oxygen atoms in total. The summed E-state index contributed by atoms with van der Waals surface area (Å²) in [5.74, 6) is 5.80. The van der Waals surface area contributed by atoms with Crippen molar-refractivity contribution < 1.29 is 9.18 Å². The van der Waals surface area contributed by atoms with Crippen LogP contribution in [0.4, 0.5) is 4.39 Å². The lowest BCUT2D eigenvalue weighted by atomic mass is 9.95. The van der Waals surface area contributed by atoms with Crippen molar-refractivity contribution >= 4 is 17.7 Å². The molecule has 1 atom stereocenters. The molecule has 0 saturated heterocycles. The van der Waals surface area contributed by atoms with Crippen LogP contribution in [0.15, 0.2) is 29.4 Å². The van der Waals surface area contributed by atoms with Crippen LogP contribution in [0.3, 0.4) is 0 Å². The van der Waals surface area contributed by atoms with Crippen molar-refractivity contribution in [3.63, 3.8) is 0 Å². The number of nitrogens with two attached hydrogens (primary N) is 1. The van der Waals surface area contributed by atoms with E-state index in [-0.39, 0.29) is 28.6 Å². The van der Waals surface area contributed by atoms with Gasteiger partial charge in [0.25, 0.3) is 0 Å². The minimum absolute atomic E-state index is 0.0349. The minimum Gasteiger partial charge on any atom is -0.352 e. The monoisotopic (exact) mass is 363 g/mol. The summed E-state index contributed by atoms with van der Waals surface area (Å²) in [6.07, 6.45) is 5.64. The average molecular weight is 363 g/mol. The van der Waals surface area contributed by atoms with Crippen LogP contribution in [0.5, 0.6) is 0 Å². The molecular formula is C17H22FN5OS. The zero-order chi connectivity index (χ0) is 17.8. The number of nitrogen functional groups attached to an aromatic ring is 1. The van der Waals surface area contributed by atoms with Crippen molar-refractivity contribution in [2.24, 2.45) is 0 Å². The molecule has 1 fully saturated rings. The lowest BCUT2D eigenvalue weighted by Gasteiger charge is -2.24. The van der Waals surface area contributed by atoms with Crippen LogP contribution >= 0.6 is 11.8 Å². The summed E-state index contributed by atoms with van der Waals surface area (Å²) >= 11 is 1.22. The molecule has 1 aromatic heterocycles. The Hall–Kier alpha value is -2.09. The van der Waals surface area contributed by atoms with Gasteiger partial charge < -0.3 is 11.2 Å². The third-order valence-electron chi connectivity index (χ3n) is 4.38. The summed E-state index contributed by atoms with van der Waals surface area (Å²) in [6.45, 7) is 1.81. The lowest BCUT2D eigenvalue weighted by Crippen LogP contribution is -2.40. The van der Waals surface area contributed by atoms with E-state index in [4.69, 9.17) is 5.84 Å². The molecule has 8 heteroatoms. The van der Waals surface area contributed by atoms with Gasteiger partial charge in [0.2, 0.25) is 11.1 Å². The summed E-state index contributed by atoms with van der Waals surface area (Å²) in [5.41, 5.74) is 0.281. The molecule has 3 rings (SSSR count). The van der Waals surface area contributed by atoms with Crippen LogP contribution in [0, 0.1) is 5.82 Å². The topological polar surface area (TPSA) is 85.8 Å². The fourth-order valence-corrected chi connectivity index (χ4v) is 3.74. The number of rotatable bonds is 5. The van der Waals surface area contributed by atoms with E-state index in [2.05, 4.69) is 15.5 Å². The molecule has 2 aromatic rings. The lowest BCUT2D eigenvalue weighted by molar-refractivity contribution is -0.121. The van der Waals surface area contributed by atoms with Gasteiger partial charge in [-0.05, 0) is 31.9 Å². The second kappa shape index (κ2) is 7.86. The van der Waals surface area contributed by atoms with E-state index in [9.17, 15) is 9.18 Å². The number of hydrogen-bond acceptors (Lipinski definition) is 5. The molecule has 0 bridgehead atoms. The largest absolute Gasteiger partial charge is 0.352 e. The normalized spacial score (nSPS) is 16.6. The molecule has 0 spiro atoms. The highest BCUT2D eigenvalue weighted by molar-refractivity contribution is 8.00. The zero-order valence-electron chi connectivity index (χ0n) is 14.1. The molecule has 1 amide bonds. The molecule has 1 aromatic carbocycles. The quantitative estimate of drug-likeness (QED) is 0.630. The van der Waals surface area contributed by atoms with E-state index >= 15 is 0 Å². The summed E-state index contributed by atoms with van der Waals surface area (Å²) in [7, 11) is 0. The first-order chi connectivity index (χ1) is 12.1. The molecule has 0 radical (unpaired) electrons. The third kappa shape index (κ3) is 4.12. The number of benzene rings is 1. The van der Waals surface area contributed by atoms with E-state index in [1.165, 1.54) is 28.9 Å².